The number of rotatable bonds is 5. The van der Waals surface area contributed by atoms with Gasteiger partial charge in [0.1, 0.15) is 17.9 Å². The number of methoxy groups -OCH3 is 1. The van der Waals surface area contributed by atoms with Crippen molar-refractivity contribution in [3.05, 3.63) is 71.2 Å². The second-order valence-electron chi connectivity index (χ2n) is 7.41. The highest BCUT2D eigenvalue weighted by atomic mass is 16.6. The maximum atomic E-state index is 11.2. The molecule has 0 unspecified atom stereocenters. The highest BCUT2D eigenvalue weighted by molar-refractivity contribution is 5.87. The van der Waals surface area contributed by atoms with Crippen LogP contribution >= 0.6 is 0 Å². The molecule has 1 aliphatic heterocycles. The Labute approximate surface area is 183 Å². The largest absolute Gasteiger partial charge is 0.495 e. The number of ether oxygens (including phenoxy) is 1. The Morgan fingerprint density at radius 1 is 1.00 bits per heavy atom. The lowest BCUT2D eigenvalue weighted by Gasteiger charge is -2.37. The van der Waals surface area contributed by atoms with Crippen LogP contribution in [0.2, 0.25) is 0 Å². The van der Waals surface area contributed by atoms with Crippen LogP contribution in [0.3, 0.4) is 0 Å². The van der Waals surface area contributed by atoms with Gasteiger partial charge in [-0.1, -0.05) is 18.2 Å². The predicted octanol–water partition coefficient (Wildman–Crippen LogP) is 3.06. The lowest BCUT2D eigenvalue weighted by molar-refractivity contribution is -0.384. The molecule has 0 bridgehead atoms. The van der Waals surface area contributed by atoms with E-state index in [2.05, 4.69) is 24.9 Å². The normalized spacial score (nSPS) is 14.0. The molecule has 162 valence electrons. The average Bonchev–Trinajstić information content (AvgIpc) is 3.28. The summed E-state index contributed by atoms with van der Waals surface area (Å²) in [6.07, 6.45) is 3.36. The van der Waals surface area contributed by atoms with E-state index in [4.69, 9.17) is 4.74 Å². The Bertz CT molecular complexity index is 1270. The van der Waals surface area contributed by atoms with Gasteiger partial charge in [0.15, 0.2) is 5.65 Å². The summed E-state index contributed by atoms with van der Waals surface area (Å²) in [6, 6.07) is 14.5. The molecule has 10 nitrogen and oxygen atoms in total. The highest BCUT2D eigenvalue weighted by Gasteiger charge is 2.24. The lowest BCUT2D eigenvalue weighted by atomic mass is 10.2. The first-order valence-electron chi connectivity index (χ1n) is 10.2. The second-order valence-corrected chi connectivity index (χ2v) is 7.41. The maximum absolute atomic E-state index is 11.2. The molecule has 0 atom stereocenters. The molecule has 0 saturated carbocycles. The third kappa shape index (κ3) is 3.45. The zero-order chi connectivity index (χ0) is 22.1. The van der Waals surface area contributed by atoms with E-state index in [1.807, 2.05) is 35.0 Å². The first kappa shape index (κ1) is 19.7. The quantitative estimate of drug-likeness (QED) is 0.351. The van der Waals surface area contributed by atoms with Gasteiger partial charge in [0, 0.05) is 38.3 Å². The topological polar surface area (TPSA) is 102 Å². The number of aromatic nitrogens is 4. The smallest absolute Gasteiger partial charge is 0.271 e. The van der Waals surface area contributed by atoms with Crippen LogP contribution in [0.25, 0.3) is 16.7 Å². The van der Waals surface area contributed by atoms with Gasteiger partial charge < -0.3 is 14.5 Å². The van der Waals surface area contributed by atoms with Gasteiger partial charge in [-0.3, -0.25) is 10.1 Å². The number of nitro benzene ring substituents is 1. The molecule has 4 aromatic rings. The van der Waals surface area contributed by atoms with Crippen molar-refractivity contribution < 1.29 is 9.66 Å². The predicted molar refractivity (Wildman–Crippen MR) is 121 cm³/mol. The van der Waals surface area contributed by atoms with Crippen molar-refractivity contribution in [3.8, 4) is 11.4 Å². The van der Waals surface area contributed by atoms with Gasteiger partial charge in [-0.05, 0) is 18.2 Å². The van der Waals surface area contributed by atoms with E-state index in [-0.39, 0.29) is 10.6 Å². The van der Waals surface area contributed by atoms with E-state index >= 15 is 0 Å². The molecular formula is C22H21N7O3. The minimum absolute atomic E-state index is 0.0501. The molecule has 1 fully saturated rings. The van der Waals surface area contributed by atoms with Crippen LogP contribution in [0, 0.1) is 10.1 Å². The Morgan fingerprint density at radius 2 is 1.75 bits per heavy atom. The minimum atomic E-state index is -0.388. The van der Waals surface area contributed by atoms with Gasteiger partial charge in [-0.25, -0.2) is 14.6 Å². The number of non-ortho nitro benzene ring substituents is 1. The third-order valence-electron chi connectivity index (χ3n) is 5.64. The first-order chi connectivity index (χ1) is 15.7. The van der Waals surface area contributed by atoms with Gasteiger partial charge in [-0.2, -0.15) is 5.10 Å². The van der Waals surface area contributed by atoms with E-state index in [0.29, 0.717) is 31.9 Å². The molecule has 0 radical (unpaired) electrons. The van der Waals surface area contributed by atoms with Crippen LogP contribution in [-0.2, 0) is 0 Å². The van der Waals surface area contributed by atoms with Crippen LogP contribution in [0.1, 0.15) is 0 Å². The van der Waals surface area contributed by atoms with Gasteiger partial charge in [0.2, 0.25) is 0 Å². The summed E-state index contributed by atoms with van der Waals surface area (Å²) in [7, 11) is 1.57. The van der Waals surface area contributed by atoms with E-state index in [1.54, 1.807) is 31.8 Å². The van der Waals surface area contributed by atoms with E-state index < -0.39 is 0 Å². The van der Waals surface area contributed by atoms with Gasteiger partial charge in [0.05, 0.1) is 35.0 Å². The van der Waals surface area contributed by atoms with E-state index in [9.17, 15) is 10.1 Å². The van der Waals surface area contributed by atoms with Crippen molar-refractivity contribution in [2.24, 2.45) is 0 Å². The molecule has 2 aromatic heterocycles. The standard InChI is InChI=1S/C22H21N7O3/c1-32-20-8-7-17(29(30)31)13-19(20)26-9-11-27(12-10-26)21-18-14-25-28(22(18)24-15-23-21)16-5-3-2-4-6-16/h2-8,13-15H,9-12H2,1H3. The first-order valence-corrected chi connectivity index (χ1v) is 10.2. The monoisotopic (exact) mass is 431 g/mol. The fraction of sp³-hybridized carbons (Fsp3) is 0.227. The second kappa shape index (κ2) is 8.14. The number of hydrogen-bond donors (Lipinski definition) is 0. The zero-order valence-electron chi connectivity index (χ0n) is 17.5. The summed E-state index contributed by atoms with van der Waals surface area (Å²) in [4.78, 5) is 24.1. The number of piperazine rings is 1. The number of anilines is 2. The van der Waals surface area contributed by atoms with Crippen molar-refractivity contribution in [2.45, 2.75) is 0 Å². The molecule has 1 saturated heterocycles. The fourth-order valence-corrected chi connectivity index (χ4v) is 4.04. The van der Waals surface area contributed by atoms with Crippen LogP contribution < -0.4 is 14.5 Å². The van der Waals surface area contributed by atoms with Gasteiger partial charge >= 0.3 is 0 Å². The Kier molecular flexibility index (Phi) is 5.02. The van der Waals surface area contributed by atoms with Crippen molar-refractivity contribution in [1.29, 1.82) is 0 Å². The Morgan fingerprint density at radius 3 is 2.47 bits per heavy atom. The number of benzene rings is 2. The maximum Gasteiger partial charge on any atom is 0.271 e. The van der Waals surface area contributed by atoms with Crippen molar-refractivity contribution in [3.63, 3.8) is 0 Å². The number of nitrogens with zero attached hydrogens (tertiary/aromatic N) is 7. The number of fused-ring (bicyclic) bond motifs is 1. The SMILES string of the molecule is COc1ccc([N+](=O)[O-])cc1N1CCN(c2ncnc3c2cnn3-c2ccccc2)CC1. The molecule has 2 aromatic carbocycles. The number of hydrogen-bond acceptors (Lipinski definition) is 8. The third-order valence-corrected chi connectivity index (χ3v) is 5.64. The molecular weight excluding hydrogens is 410 g/mol. The summed E-state index contributed by atoms with van der Waals surface area (Å²) in [6.45, 7) is 2.76. The van der Waals surface area contributed by atoms with Crippen molar-refractivity contribution in [1.82, 2.24) is 19.7 Å². The molecule has 0 N–H and O–H groups in total. The number of para-hydroxylation sites is 1. The molecule has 0 amide bonds. The molecule has 10 heteroatoms. The van der Waals surface area contributed by atoms with Gasteiger partial charge in [0.25, 0.3) is 5.69 Å². The average molecular weight is 431 g/mol. The summed E-state index contributed by atoms with van der Waals surface area (Å²) in [5.74, 6) is 1.46. The van der Waals surface area contributed by atoms with Crippen molar-refractivity contribution >= 4 is 28.2 Å². The molecule has 3 heterocycles. The van der Waals surface area contributed by atoms with Crippen LogP contribution in [0.15, 0.2) is 61.1 Å². The van der Waals surface area contributed by atoms with E-state index in [1.165, 1.54) is 6.07 Å². The van der Waals surface area contributed by atoms with Crippen molar-refractivity contribution in [2.75, 3.05) is 43.1 Å². The van der Waals surface area contributed by atoms with Crippen LogP contribution in [-0.4, -0.2) is 58.0 Å². The lowest BCUT2D eigenvalue weighted by Crippen LogP contribution is -2.47. The van der Waals surface area contributed by atoms with Crippen LogP contribution in [0.5, 0.6) is 5.75 Å². The Balaban J connectivity index is 1.40. The molecule has 1 aliphatic rings. The van der Waals surface area contributed by atoms with Gasteiger partial charge in [-0.15, -0.1) is 0 Å². The molecule has 0 aliphatic carbocycles. The minimum Gasteiger partial charge on any atom is -0.495 e. The molecule has 0 spiro atoms. The Hall–Kier alpha value is -4.21. The molecule has 5 rings (SSSR count). The number of nitro groups is 1. The summed E-state index contributed by atoms with van der Waals surface area (Å²) in [5, 5.41) is 16.6. The summed E-state index contributed by atoms with van der Waals surface area (Å²) in [5.41, 5.74) is 2.47. The summed E-state index contributed by atoms with van der Waals surface area (Å²) < 4.78 is 7.25. The summed E-state index contributed by atoms with van der Waals surface area (Å²) >= 11 is 0. The highest BCUT2D eigenvalue weighted by Crippen LogP contribution is 2.34. The zero-order valence-corrected chi connectivity index (χ0v) is 17.5. The molecule has 32 heavy (non-hydrogen) atoms. The fourth-order valence-electron chi connectivity index (χ4n) is 4.04. The van der Waals surface area contributed by atoms with Crippen LogP contribution in [0.4, 0.5) is 17.2 Å². The van der Waals surface area contributed by atoms with E-state index in [0.717, 1.165) is 28.2 Å².